The van der Waals surface area contributed by atoms with E-state index in [1.807, 2.05) is 29.0 Å². The standard InChI is InChI=1S/C20H24N2O3S2/c23-18(15-9-11-26-13-15)17-7-6-16(27-17)12-22-20(25)19(24)21-10-8-14-4-2-1-3-5-14/h4,6-7,9,11,13,18,23H,1-3,5,8,10,12H2,(H,21,24)(H,22,25). The minimum atomic E-state index is -0.650. The second-order valence-electron chi connectivity index (χ2n) is 6.56. The van der Waals surface area contributed by atoms with Crippen LogP contribution in [0.15, 0.2) is 40.6 Å². The molecule has 2 heterocycles. The van der Waals surface area contributed by atoms with Gasteiger partial charge in [0.2, 0.25) is 0 Å². The van der Waals surface area contributed by atoms with Gasteiger partial charge in [-0.2, -0.15) is 11.3 Å². The van der Waals surface area contributed by atoms with Gasteiger partial charge in [0.05, 0.1) is 6.54 Å². The van der Waals surface area contributed by atoms with Crippen molar-refractivity contribution in [2.24, 2.45) is 0 Å². The second kappa shape index (κ2) is 9.82. The molecular formula is C20H24N2O3S2. The molecule has 0 aliphatic heterocycles. The maximum absolute atomic E-state index is 11.9. The Balaban J connectivity index is 1.40. The van der Waals surface area contributed by atoms with Gasteiger partial charge in [0.25, 0.3) is 0 Å². The Labute approximate surface area is 167 Å². The number of amides is 2. The predicted molar refractivity (Wildman–Crippen MR) is 109 cm³/mol. The Kier molecular flexibility index (Phi) is 7.20. The number of carbonyl (C=O) groups excluding carboxylic acids is 2. The lowest BCUT2D eigenvalue weighted by molar-refractivity contribution is -0.139. The molecule has 2 aromatic heterocycles. The summed E-state index contributed by atoms with van der Waals surface area (Å²) in [6, 6.07) is 5.61. The molecule has 5 nitrogen and oxygen atoms in total. The molecule has 0 fully saturated rings. The number of allylic oxidation sites excluding steroid dienone is 1. The largest absolute Gasteiger partial charge is 0.383 e. The average molecular weight is 405 g/mol. The topological polar surface area (TPSA) is 78.4 Å². The predicted octanol–water partition coefficient (Wildman–Crippen LogP) is 3.51. The van der Waals surface area contributed by atoms with Crippen LogP contribution >= 0.6 is 22.7 Å². The molecule has 3 N–H and O–H groups in total. The van der Waals surface area contributed by atoms with Crippen molar-refractivity contribution in [1.82, 2.24) is 10.6 Å². The van der Waals surface area contributed by atoms with Crippen molar-refractivity contribution in [3.8, 4) is 0 Å². The van der Waals surface area contributed by atoms with Crippen LogP contribution in [0, 0.1) is 0 Å². The van der Waals surface area contributed by atoms with E-state index >= 15 is 0 Å². The van der Waals surface area contributed by atoms with E-state index in [0.717, 1.165) is 34.6 Å². The molecule has 0 saturated carbocycles. The fourth-order valence-corrected chi connectivity index (χ4v) is 4.67. The first-order chi connectivity index (χ1) is 13.1. The number of rotatable bonds is 7. The third kappa shape index (κ3) is 5.76. The van der Waals surface area contributed by atoms with Crippen molar-refractivity contribution in [2.75, 3.05) is 6.54 Å². The van der Waals surface area contributed by atoms with Crippen molar-refractivity contribution in [3.63, 3.8) is 0 Å². The Morgan fingerprint density at radius 2 is 2.00 bits per heavy atom. The summed E-state index contributed by atoms with van der Waals surface area (Å²) in [5, 5.41) is 19.5. The summed E-state index contributed by atoms with van der Waals surface area (Å²) in [6.45, 7) is 0.770. The van der Waals surface area contributed by atoms with Gasteiger partial charge in [0.1, 0.15) is 6.10 Å². The molecule has 2 amide bonds. The highest BCUT2D eigenvalue weighted by Gasteiger charge is 2.16. The molecule has 0 spiro atoms. The van der Waals surface area contributed by atoms with Crippen LogP contribution in [0.1, 0.15) is 53.5 Å². The highest BCUT2D eigenvalue weighted by atomic mass is 32.1. The highest BCUT2D eigenvalue weighted by molar-refractivity contribution is 7.12. The Hall–Kier alpha value is -1.96. The zero-order valence-corrected chi connectivity index (χ0v) is 16.7. The first-order valence-corrected chi connectivity index (χ1v) is 10.9. The van der Waals surface area contributed by atoms with Crippen LogP contribution in [0.3, 0.4) is 0 Å². The summed E-state index contributed by atoms with van der Waals surface area (Å²) in [6.07, 6.45) is 7.08. The number of aliphatic hydroxyl groups is 1. The summed E-state index contributed by atoms with van der Waals surface area (Å²) in [7, 11) is 0. The van der Waals surface area contributed by atoms with Crippen molar-refractivity contribution < 1.29 is 14.7 Å². The van der Waals surface area contributed by atoms with Gasteiger partial charge in [-0.15, -0.1) is 11.3 Å². The Morgan fingerprint density at radius 3 is 2.74 bits per heavy atom. The third-order valence-corrected chi connectivity index (χ3v) is 6.40. The van der Waals surface area contributed by atoms with E-state index in [9.17, 15) is 14.7 Å². The van der Waals surface area contributed by atoms with E-state index in [2.05, 4.69) is 16.7 Å². The SMILES string of the molecule is O=C(NCCC1=CCCCC1)C(=O)NCc1ccc(C(O)c2ccsc2)s1. The molecule has 0 aromatic carbocycles. The van der Waals surface area contributed by atoms with Crippen LogP contribution in [-0.2, 0) is 16.1 Å². The van der Waals surface area contributed by atoms with E-state index in [1.165, 1.54) is 29.8 Å². The van der Waals surface area contributed by atoms with Gasteiger partial charge < -0.3 is 15.7 Å². The molecule has 144 valence electrons. The van der Waals surface area contributed by atoms with Gasteiger partial charge in [-0.3, -0.25) is 9.59 Å². The molecular weight excluding hydrogens is 380 g/mol. The van der Waals surface area contributed by atoms with Gasteiger partial charge in [0, 0.05) is 16.3 Å². The van der Waals surface area contributed by atoms with Gasteiger partial charge in [0.15, 0.2) is 0 Å². The number of nitrogens with one attached hydrogen (secondary N) is 2. The molecule has 7 heteroatoms. The quantitative estimate of drug-likeness (QED) is 0.488. The van der Waals surface area contributed by atoms with Gasteiger partial charge in [-0.25, -0.2) is 0 Å². The van der Waals surface area contributed by atoms with Crippen molar-refractivity contribution >= 4 is 34.5 Å². The zero-order chi connectivity index (χ0) is 19.1. The normalized spacial score (nSPS) is 15.1. The molecule has 1 aliphatic rings. The van der Waals surface area contributed by atoms with Crippen LogP contribution in [0.25, 0.3) is 0 Å². The van der Waals surface area contributed by atoms with Gasteiger partial charge >= 0.3 is 11.8 Å². The molecule has 1 atom stereocenters. The average Bonchev–Trinajstić information content (AvgIpc) is 3.38. The summed E-state index contributed by atoms with van der Waals surface area (Å²) >= 11 is 2.97. The fraction of sp³-hybridized carbons (Fsp3) is 0.400. The first kappa shape index (κ1) is 19.8. The number of hydrogen-bond donors (Lipinski definition) is 3. The lowest BCUT2D eigenvalue weighted by Crippen LogP contribution is -2.39. The zero-order valence-electron chi connectivity index (χ0n) is 15.1. The lowest BCUT2D eigenvalue weighted by Gasteiger charge is -2.12. The van der Waals surface area contributed by atoms with Crippen molar-refractivity contribution in [2.45, 2.75) is 44.8 Å². The molecule has 27 heavy (non-hydrogen) atoms. The molecule has 0 bridgehead atoms. The number of carbonyl (C=O) groups is 2. The second-order valence-corrected chi connectivity index (χ2v) is 8.54. The van der Waals surface area contributed by atoms with Crippen LogP contribution < -0.4 is 10.6 Å². The smallest absolute Gasteiger partial charge is 0.309 e. The number of hydrogen-bond acceptors (Lipinski definition) is 5. The van der Waals surface area contributed by atoms with Crippen LogP contribution in [0.4, 0.5) is 0 Å². The molecule has 0 saturated heterocycles. The van der Waals surface area contributed by atoms with Gasteiger partial charge in [-0.05, 0) is 66.6 Å². The van der Waals surface area contributed by atoms with E-state index in [-0.39, 0.29) is 6.54 Å². The maximum atomic E-state index is 11.9. The van der Waals surface area contributed by atoms with E-state index < -0.39 is 17.9 Å². The third-order valence-electron chi connectivity index (χ3n) is 4.56. The minimum absolute atomic E-state index is 0.276. The molecule has 1 unspecified atom stereocenters. The molecule has 0 radical (unpaired) electrons. The van der Waals surface area contributed by atoms with E-state index in [1.54, 1.807) is 11.3 Å². The van der Waals surface area contributed by atoms with Crippen molar-refractivity contribution in [1.29, 1.82) is 0 Å². The monoisotopic (exact) mass is 404 g/mol. The summed E-state index contributed by atoms with van der Waals surface area (Å²) in [5.74, 6) is -1.22. The number of thiophene rings is 2. The van der Waals surface area contributed by atoms with E-state index in [4.69, 9.17) is 0 Å². The van der Waals surface area contributed by atoms with Crippen LogP contribution in [-0.4, -0.2) is 23.5 Å². The van der Waals surface area contributed by atoms with Crippen LogP contribution in [0.2, 0.25) is 0 Å². The van der Waals surface area contributed by atoms with Gasteiger partial charge in [-0.1, -0.05) is 11.6 Å². The highest BCUT2D eigenvalue weighted by Crippen LogP contribution is 2.29. The minimum Gasteiger partial charge on any atom is -0.383 e. The molecule has 2 aromatic rings. The fourth-order valence-electron chi connectivity index (χ4n) is 3.03. The lowest BCUT2D eigenvalue weighted by atomic mass is 9.97. The summed E-state index contributed by atoms with van der Waals surface area (Å²) in [4.78, 5) is 25.6. The van der Waals surface area contributed by atoms with Crippen molar-refractivity contribution in [3.05, 3.63) is 55.9 Å². The Morgan fingerprint density at radius 1 is 1.15 bits per heavy atom. The van der Waals surface area contributed by atoms with E-state index in [0.29, 0.717) is 6.54 Å². The Bertz CT molecular complexity index is 796. The molecule has 3 rings (SSSR count). The molecule has 1 aliphatic carbocycles. The van der Waals surface area contributed by atoms with Crippen LogP contribution in [0.5, 0.6) is 0 Å². The first-order valence-electron chi connectivity index (χ1n) is 9.16. The number of aliphatic hydroxyl groups excluding tert-OH is 1. The maximum Gasteiger partial charge on any atom is 0.309 e. The summed E-state index contributed by atoms with van der Waals surface area (Å²) < 4.78 is 0. The summed E-state index contributed by atoms with van der Waals surface area (Å²) in [5.41, 5.74) is 2.24.